The van der Waals surface area contributed by atoms with Crippen LogP contribution >= 0.6 is 0 Å². The van der Waals surface area contributed by atoms with E-state index in [1.807, 2.05) is 42.8 Å². The van der Waals surface area contributed by atoms with Crippen LogP contribution in [0.1, 0.15) is 30.9 Å². The lowest BCUT2D eigenvalue weighted by molar-refractivity contribution is -0.129. The molecule has 1 saturated heterocycles. The van der Waals surface area contributed by atoms with Gasteiger partial charge in [-0.2, -0.15) is 0 Å². The first kappa shape index (κ1) is 19.5. The van der Waals surface area contributed by atoms with Crippen LogP contribution < -0.4 is 10.6 Å². The molecule has 3 aromatic rings. The highest BCUT2D eigenvalue weighted by molar-refractivity contribution is 5.83. The van der Waals surface area contributed by atoms with Crippen LogP contribution in [0.4, 0.5) is 0 Å². The van der Waals surface area contributed by atoms with Gasteiger partial charge in [0.15, 0.2) is 0 Å². The molecule has 8 nitrogen and oxygen atoms in total. The maximum absolute atomic E-state index is 13.2. The molecular weight excluding hydrogens is 366 g/mol. The lowest BCUT2D eigenvalue weighted by atomic mass is 10.0. The monoisotopic (exact) mass is 393 g/mol. The Bertz CT molecular complexity index is 999. The highest BCUT2D eigenvalue weighted by atomic mass is 16.2. The molecule has 4 rings (SSSR count). The van der Waals surface area contributed by atoms with Crippen molar-refractivity contribution in [2.75, 3.05) is 19.6 Å². The summed E-state index contributed by atoms with van der Waals surface area (Å²) in [5, 5.41) is 6.55. The van der Waals surface area contributed by atoms with Gasteiger partial charge in [0.2, 0.25) is 5.91 Å². The number of nitrogens with zero attached hydrogens (tertiary/aromatic N) is 5. The minimum atomic E-state index is -0.616. The average molecular weight is 393 g/mol. The summed E-state index contributed by atoms with van der Waals surface area (Å²) < 4.78 is 2.05. The molecule has 152 valence electrons. The Balaban J connectivity index is 1.53. The first-order chi connectivity index (χ1) is 14.0. The summed E-state index contributed by atoms with van der Waals surface area (Å²) in [6.45, 7) is 8.91. The fourth-order valence-corrected chi connectivity index (χ4v) is 3.89. The molecule has 0 aromatic carbocycles. The molecule has 0 aliphatic carbocycles. The van der Waals surface area contributed by atoms with Crippen molar-refractivity contribution in [3.8, 4) is 0 Å². The zero-order valence-corrected chi connectivity index (χ0v) is 17.1. The Hall–Kier alpha value is -2.84. The number of hydrogen-bond acceptors (Lipinski definition) is 6. The molecule has 8 heteroatoms. The molecular formula is C21H27N7O. The highest BCUT2D eigenvalue weighted by Crippen LogP contribution is 2.22. The number of carbonyl (C=O) groups is 1. The van der Waals surface area contributed by atoms with E-state index < -0.39 is 5.54 Å². The average Bonchev–Trinajstić information content (AvgIpc) is 3.15. The van der Waals surface area contributed by atoms with Gasteiger partial charge in [0.25, 0.3) is 0 Å². The van der Waals surface area contributed by atoms with Gasteiger partial charge in [-0.15, -0.1) is 0 Å². The van der Waals surface area contributed by atoms with Gasteiger partial charge in [0.05, 0.1) is 22.9 Å². The van der Waals surface area contributed by atoms with Crippen LogP contribution in [-0.2, 0) is 16.9 Å². The summed E-state index contributed by atoms with van der Waals surface area (Å²) in [7, 11) is 0. The molecule has 29 heavy (non-hydrogen) atoms. The number of imidazole rings is 1. The Labute approximate surface area is 170 Å². The van der Waals surface area contributed by atoms with Gasteiger partial charge in [-0.05, 0) is 38.5 Å². The molecule has 1 fully saturated rings. The van der Waals surface area contributed by atoms with Gasteiger partial charge in [0, 0.05) is 38.6 Å². The number of amides is 1. The number of nitrogens with one attached hydrogen (secondary N) is 2. The fourth-order valence-electron chi connectivity index (χ4n) is 3.89. The molecule has 3 aromatic heterocycles. The molecule has 1 unspecified atom stereocenters. The van der Waals surface area contributed by atoms with Crippen molar-refractivity contribution >= 4 is 11.4 Å². The van der Waals surface area contributed by atoms with E-state index >= 15 is 0 Å². The van der Waals surface area contributed by atoms with Crippen LogP contribution in [0.25, 0.3) is 5.52 Å². The predicted molar refractivity (Wildman–Crippen MR) is 110 cm³/mol. The van der Waals surface area contributed by atoms with Crippen molar-refractivity contribution in [2.24, 2.45) is 0 Å². The number of rotatable bonds is 5. The first-order valence-electron chi connectivity index (χ1n) is 9.90. The van der Waals surface area contributed by atoms with Crippen molar-refractivity contribution in [1.29, 1.82) is 0 Å². The second kappa shape index (κ2) is 7.88. The maximum atomic E-state index is 13.2. The van der Waals surface area contributed by atoms with E-state index in [0.717, 1.165) is 35.7 Å². The molecule has 2 N–H and O–H groups in total. The Morgan fingerprint density at radius 2 is 2.21 bits per heavy atom. The van der Waals surface area contributed by atoms with Gasteiger partial charge in [-0.1, -0.05) is 6.07 Å². The van der Waals surface area contributed by atoms with E-state index in [0.29, 0.717) is 13.1 Å². The molecule has 4 heterocycles. The Morgan fingerprint density at radius 1 is 1.34 bits per heavy atom. The van der Waals surface area contributed by atoms with Gasteiger partial charge < -0.3 is 15.0 Å². The summed E-state index contributed by atoms with van der Waals surface area (Å²) in [5.41, 5.74) is 2.50. The number of pyridine rings is 1. The van der Waals surface area contributed by atoms with Gasteiger partial charge in [-0.3, -0.25) is 9.69 Å². The maximum Gasteiger partial charge on any atom is 0.239 e. The lowest BCUT2D eigenvalue weighted by Crippen LogP contribution is -2.59. The molecule has 1 aliphatic heterocycles. The zero-order chi connectivity index (χ0) is 20.4. The molecule has 0 bridgehead atoms. The molecule has 0 radical (unpaired) electrons. The van der Waals surface area contributed by atoms with E-state index in [-0.39, 0.29) is 11.9 Å². The predicted octanol–water partition coefficient (Wildman–Crippen LogP) is 1.26. The van der Waals surface area contributed by atoms with E-state index in [1.165, 1.54) is 0 Å². The van der Waals surface area contributed by atoms with E-state index in [1.54, 1.807) is 12.5 Å². The van der Waals surface area contributed by atoms with Crippen LogP contribution in [0.2, 0.25) is 0 Å². The number of aromatic nitrogens is 4. The van der Waals surface area contributed by atoms with Crippen molar-refractivity contribution in [3.05, 3.63) is 60.2 Å². The first-order valence-corrected chi connectivity index (χ1v) is 9.90. The van der Waals surface area contributed by atoms with Gasteiger partial charge in [-0.25, -0.2) is 15.0 Å². The van der Waals surface area contributed by atoms with Crippen LogP contribution in [0.5, 0.6) is 0 Å². The second-order valence-electron chi connectivity index (χ2n) is 8.03. The van der Waals surface area contributed by atoms with Crippen LogP contribution in [0.15, 0.2) is 43.1 Å². The normalized spacial score (nSPS) is 18.1. The molecule has 0 spiro atoms. The van der Waals surface area contributed by atoms with Crippen molar-refractivity contribution < 1.29 is 4.79 Å². The minimum absolute atomic E-state index is 0.0133. The third kappa shape index (κ3) is 3.99. The Morgan fingerprint density at radius 3 is 3.00 bits per heavy atom. The zero-order valence-electron chi connectivity index (χ0n) is 17.1. The summed E-state index contributed by atoms with van der Waals surface area (Å²) in [4.78, 5) is 28.3. The van der Waals surface area contributed by atoms with Crippen LogP contribution in [0.3, 0.4) is 0 Å². The SMILES string of the molecule is Cc1cccn2c(C(C)(C)NC(=O)C3CNCCN3Cc3ccncn3)ncc12. The standard InChI is InChI=1S/C21H27N7O/c1-15-5-4-9-28-17(15)12-24-20(28)21(2,3)26-19(29)18-11-22-8-10-27(18)13-16-6-7-23-14-25-16/h4-7,9,12,14,18,22H,8,10-11,13H2,1-3H3,(H,26,29). The quantitative estimate of drug-likeness (QED) is 0.679. The second-order valence-corrected chi connectivity index (χ2v) is 8.03. The van der Waals surface area contributed by atoms with E-state index in [2.05, 4.69) is 43.5 Å². The third-order valence-electron chi connectivity index (χ3n) is 5.44. The molecule has 1 aliphatic rings. The van der Waals surface area contributed by atoms with Crippen LogP contribution in [0, 0.1) is 6.92 Å². The summed E-state index contributed by atoms with van der Waals surface area (Å²) in [5.74, 6) is 0.802. The van der Waals surface area contributed by atoms with Crippen molar-refractivity contribution in [3.63, 3.8) is 0 Å². The summed E-state index contributed by atoms with van der Waals surface area (Å²) >= 11 is 0. The fraction of sp³-hybridized carbons (Fsp3) is 0.429. The number of fused-ring (bicyclic) bond motifs is 1. The summed E-state index contributed by atoms with van der Waals surface area (Å²) in [6, 6.07) is 5.68. The topological polar surface area (TPSA) is 87.5 Å². The Kier molecular flexibility index (Phi) is 5.29. The highest BCUT2D eigenvalue weighted by Gasteiger charge is 2.34. The number of hydrogen-bond donors (Lipinski definition) is 2. The van der Waals surface area contributed by atoms with Crippen molar-refractivity contribution in [2.45, 2.75) is 38.9 Å². The molecule has 1 amide bonds. The van der Waals surface area contributed by atoms with Gasteiger partial charge >= 0.3 is 0 Å². The minimum Gasteiger partial charge on any atom is -0.343 e. The lowest BCUT2D eigenvalue weighted by Gasteiger charge is -2.37. The van der Waals surface area contributed by atoms with Crippen LogP contribution in [-0.4, -0.2) is 55.8 Å². The number of aryl methyl sites for hydroxylation is 1. The largest absolute Gasteiger partial charge is 0.343 e. The van der Waals surface area contributed by atoms with Crippen molar-refractivity contribution in [1.82, 2.24) is 34.9 Å². The molecule has 0 saturated carbocycles. The van der Waals surface area contributed by atoms with Gasteiger partial charge in [0.1, 0.15) is 18.2 Å². The number of piperazine rings is 1. The van der Waals surface area contributed by atoms with E-state index in [4.69, 9.17) is 0 Å². The smallest absolute Gasteiger partial charge is 0.239 e. The number of carbonyl (C=O) groups excluding carboxylic acids is 1. The summed E-state index contributed by atoms with van der Waals surface area (Å²) in [6.07, 6.45) is 7.12. The van der Waals surface area contributed by atoms with E-state index in [9.17, 15) is 4.79 Å². The third-order valence-corrected chi connectivity index (χ3v) is 5.44. The molecule has 1 atom stereocenters.